The zero-order valence-electron chi connectivity index (χ0n) is 9.89. The molecule has 0 spiro atoms. The van der Waals surface area contributed by atoms with Crippen LogP contribution in [0.15, 0.2) is 12.4 Å². The molecule has 6 heteroatoms. The van der Waals surface area contributed by atoms with Crippen molar-refractivity contribution in [3.05, 3.63) is 12.4 Å². The Kier molecular flexibility index (Phi) is 3.41. The number of hydrogen-bond donors (Lipinski definition) is 2. The average molecular weight is 235 g/mol. The van der Waals surface area contributed by atoms with Crippen LogP contribution in [0.2, 0.25) is 0 Å². The third-order valence-electron chi connectivity index (χ3n) is 3.10. The summed E-state index contributed by atoms with van der Waals surface area (Å²) in [5, 5.41) is 2.96. The highest BCUT2D eigenvalue weighted by molar-refractivity contribution is 5.76. The summed E-state index contributed by atoms with van der Waals surface area (Å²) in [7, 11) is 1.81. The van der Waals surface area contributed by atoms with Gasteiger partial charge in [-0.1, -0.05) is 0 Å². The summed E-state index contributed by atoms with van der Waals surface area (Å²) in [5.74, 6) is 1.41. The molecule has 0 bridgehead atoms. The van der Waals surface area contributed by atoms with Crippen molar-refractivity contribution in [1.82, 2.24) is 9.97 Å². The Balaban J connectivity index is 2.02. The third kappa shape index (κ3) is 2.64. The van der Waals surface area contributed by atoms with Gasteiger partial charge in [0.2, 0.25) is 5.91 Å². The highest BCUT2D eigenvalue weighted by Crippen LogP contribution is 2.21. The Morgan fingerprint density at radius 3 is 2.76 bits per heavy atom. The van der Waals surface area contributed by atoms with Gasteiger partial charge in [-0.05, 0) is 12.8 Å². The van der Waals surface area contributed by atoms with Crippen LogP contribution in [-0.4, -0.2) is 36.0 Å². The number of primary amides is 1. The van der Waals surface area contributed by atoms with Gasteiger partial charge in [-0.15, -0.1) is 0 Å². The van der Waals surface area contributed by atoms with Crippen LogP contribution >= 0.6 is 0 Å². The number of nitrogens with two attached hydrogens (primary N) is 1. The Bertz CT molecular complexity index is 401. The van der Waals surface area contributed by atoms with Crippen molar-refractivity contribution < 1.29 is 4.79 Å². The van der Waals surface area contributed by atoms with Crippen molar-refractivity contribution >= 4 is 17.5 Å². The molecule has 1 aliphatic rings. The zero-order valence-corrected chi connectivity index (χ0v) is 9.89. The van der Waals surface area contributed by atoms with Gasteiger partial charge in [0, 0.05) is 26.1 Å². The van der Waals surface area contributed by atoms with Gasteiger partial charge in [0.15, 0.2) is 0 Å². The van der Waals surface area contributed by atoms with E-state index in [1.54, 1.807) is 12.4 Å². The number of rotatable bonds is 3. The van der Waals surface area contributed by atoms with Crippen molar-refractivity contribution in [3.63, 3.8) is 0 Å². The van der Waals surface area contributed by atoms with Crippen molar-refractivity contribution in [2.45, 2.75) is 12.8 Å². The van der Waals surface area contributed by atoms with Gasteiger partial charge in [-0.3, -0.25) is 9.78 Å². The van der Waals surface area contributed by atoms with Gasteiger partial charge in [0.25, 0.3) is 0 Å². The summed E-state index contributed by atoms with van der Waals surface area (Å²) < 4.78 is 0. The molecule has 92 valence electrons. The number of carbonyl (C=O) groups is 1. The molecule has 1 fully saturated rings. The second-order valence-electron chi connectivity index (χ2n) is 4.18. The molecule has 0 radical (unpaired) electrons. The highest BCUT2D eigenvalue weighted by atomic mass is 16.1. The maximum absolute atomic E-state index is 11.1. The van der Waals surface area contributed by atoms with Crippen molar-refractivity contribution in [2.24, 2.45) is 11.7 Å². The lowest BCUT2D eigenvalue weighted by atomic mass is 9.96. The van der Waals surface area contributed by atoms with Gasteiger partial charge in [-0.25, -0.2) is 4.98 Å². The Hall–Kier alpha value is -1.85. The molecular formula is C11H17N5O. The lowest BCUT2D eigenvalue weighted by Crippen LogP contribution is -2.39. The molecule has 6 nitrogen and oxygen atoms in total. The standard InChI is InChI=1S/C11H17N5O/c1-13-9-6-14-7-10(15-9)16-4-2-8(3-5-16)11(12)17/h6-8H,2-5H2,1H3,(H2,12,17)(H,13,15). The lowest BCUT2D eigenvalue weighted by Gasteiger charge is -2.31. The molecule has 0 aliphatic carbocycles. The monoisotopic (exact) mass is 235 g/mol. The van der Waals surface area contributed by atoms with Gasteiger partial charge in [0.05, 0.1) is 12.4 Å². The summed E-state index contributed by atoms with van der Waals surface area (Å²) in [4.78, 5) is 21.7. The first-order chi connectivity index (χ1) is 8.20. The van der Waals surface area contributed by atoms with E-state index in [-0.39, 0.29) is 11.8 Å². The lowest BCUT2D eigenvalue weighted by molar-refractivity contribution is -0.122. The molecular weight excluding hydrogens is 218 g/mol. The predicted molar refractivity (Wildman–Crippen MR) is 65.7 cm³/mol. The number of nitrogens with one attached hydrogen (secondary N) is 1. The van der Waals surface area contributed by atoms with E-state index in [1.165, 1.54) is 0 Å². The number of hydrogen-bond acceptors (Lipinski definition) is 5. The van der Waals surface area contributed by atoms with Crippen LogP contribution in [0.1, 0.15) is 12.8 Å². The van der Waals surface area contributed by atoms with E-state index in [4.69, 9.17) is 5.73 Å². The molecule has 2 heterocycles. The van der Waals surface area contributed by atoms with Crippen LogP contribution in [0.4, 0.5) is 11.6 Å². The summed E-state index contributed by atoms with van der Waals surface area (Å²) in [5.41, 5.74) is 5.30. The van der Waals surface area contributed by atoms with Crippen molar-refractivity contribution in [2.75, 3.05) is 30.4 Å². The second-order valence-corrected chi connectivity index (χ2v) is 4.18. The van der Waals surface area contributed by atoms with Gasteiger partial charge < -0.3 is 16.0 Å². The van der Waals surface area contributed by atoms with Crippen LogP contribution in [0, 0.1) is 5.92 Å². The molecule has 0 unspecified atom stereocenters. The summed E-state index contributed by atoms with van der Waals surface area (Å²) in [6.07, 6.45) is 5.01. The molecule has 0 atom stereocenters. The highest BCUT2D eigenvalue weighted by Gasteiger charge is 2.23. The molecule has 0 aromatic carbocycles. The second kappa shape index (κ2) is 4.99. The normalized spacial score (nSPS) is 16.9. The Morgan fingerprint density at radius 2 is 2.18 bits per heavy atom. The number of anilines is 2. The first-order valence-electron chi connectivity index (χ1n) is 5.74. The molecule has 1 aliphatic heterocycles. The molecule has 1 aromatic rings. The van der Waals surface area contributed by atoms with Gasteiger partial charge >= 0.3 is 0 Å². The summed E-state index contributed by atoms with van der Waals surface area (Å²) >= 11 is 0. The van der Waals surface area contributed by atoms with Gasteiger partial charge in [-0.2, -0.15) is 0 Å². The van der Waals surface area contributed by atoms with Crippen LogP contribution in [0.5, 0.6) is 0 Å². The molecule has 17 heavy (non-hydrogen) atoms. The minimum absolute atomic E-state index is 0.00620. The number of nitrogens with zero attached hydrogens (tertiary/aromatic N) is 3. The van der Waals surface area contributed by atoms with E-state index in [0.717, 1.165) is 37.6 Å². The molecule has 0 saturated carbocycles. The fourth-order valence-corrected chi connectivity index (χ4v) is 2.02. The first kappa shape index (κ1) is 11.6. The van der Waals surface area contributed by atoms with E-state index in [0.29, 0.717) is 0 Å². The third-order valence-corrected chi connectivity index (χ3v) is 3.10. The van der Waals surface area contributed by atoms with E-state index in [1.807, 2.05) is 7.05 Å². The summed E-state index contributed by atoms with van der Waals surface area (Å²) in [6, 6.07) is 0. The average Bonchev–Trinajstić information content (AvgIpc) is 2.39. The maximum atomic E-state index is 11.1. The topological polar surface area (TPSA) is 84.1 Å². The number of amides is 1. The molecule has 1 amide bonds. The van der Waals surface area contributed by atoms with E-state index in [2.05, 4.69) is 20.2 Å². The first-order valence-corrected chi connectivity index (χ1v) is 5.74. The quantitative estimate of drug-likeness (QED) is 0.783. The van der Waals surface area contributed by atoms with E-state index in [9.17, 15) is 4.79 Å². The molecule has 3 N–H and O–H groups in total. The maximum Gasteiger partial charge on any atom is 0.220 e. The van der Waals surface area contributed by atoms with Crippen LogP contribution in [0.25, 0.3) is 0 Å². The Labute approximate surface area is 100 Å². The molecule has 1 saturated heterocycles. The minimum Gasteiger partial charge on any atom is -0.372 e. The fourth-order valence-electron chi connectivity index (χ4n) is 2.02. The van der Waals surface area contributed by atoms with Crippen LogP contribution in [-0.2, 0) is 4.79 Å². The number of aromatic nitrogens is 2. The number of carbonyl (C=O) groups excluding carboxylic acids is 1. The minimum atomic E-state index is -0.195. The van der Waals surface area contributed by atoms with E-state index < -0.39 is 0 Å². The zero-order chi connectivity index (χ0) is 12.3. The fraction of sp³-hybridized carbons (Fsp3) is 0.545. The molecule has 2 rings (SSSR count). The smallest absolute Gasteiger partial charge is 0.220 e. The SMILES string of the molecule is CNc1cncc(N2CCC(C(N)=O)CC2)n1. The number of piperidine rings is 1. The van der Waals surface area contributed by atoms with Crippen LogP contribution in [0.3, 0.4) is 0 Å². The van der Waals surface area contributed by atoms with E-state index >= 15 is 0 Å². The summed E-state index contributed by atoms with van der Waals surface area (Å²) in [6.45, 7) is 1.60. The van der Waals surface area contributed by atoms with Gasteiger partial charge in [0.1, 0.15) is 11.6 Å². The Morgan fingerprint density at radius 1 is 1.47 bits per heavy atom. The van der Waals surface area contributed by atoms with Crippen molar-refractivity contribution in [3.8, 4) is 0 Å². The van der Waals surface area contributed by atoms with Crippen LogP contribution < -0.4 is 16.0 Å². The largest absolute Gasteiger partial charge is 0.372 e. The molecule has 1 aromatic heterocycles. The predicted octanol–water partition coefficient (Wildman–Crippen LogP) is 0.220. The van der Waals surface area contributed by atoms with Crippen molar-refractivity contribution in [1.29, 1.82) is 0 Å².